The molecule has 1 unspecified atom stereocenters. The molecule has 0 saturated heterocycles. The fraction of sp³-hybridized carbons (Fsp3) is 0.294. The minimum Gasteiger partial charge on any atom is -0.368 e. The topological polar surface area (TPSA) is 104 Å². The smallest absolute Gasteiger partial charge is 0.246 e. The molecule has 1 aliphatic heterocycles. The third-order valence-electron chi connectivity index (χ3n) is 4.09. The van der Waals surface area contributed by atoms with E-state index in [1.54, 1.807) is 22.9 Å². The molecule has 0 aliphatic carbocycles. The van der Waals surface area contributed by atoms with E-state index in [1.807, 2.05) is 25.1 Å². The lowest BCUT2D eigenvalue weighted by molar-refractivity contribution is -0.118. The molecule has 1 atom stereocenters. The number of rotatable bonds is 3. The van der Waals surface area contributed by atoms with Crippen LogP contribution in [0.1, 0.15) is 13.3 Å². The van der Waals surface area contributed by atoms with Gasteiger partial charge in [-0.1, -0.05) is 23.7 Å². The Hall–Kier alpha value is -2.87. The van der Waals surface area contributed by atoms with Gasteiger partial charge in [-0.15, -0.1) is 0 Å². The Labute approximate surface area is 156 Å². The van der Waals surface area contributed by atoms with Crippen LogP contribution in [-0.4, -0.2) is 41.4 Å². The number of nitrogens with two attached hydrogens (primary N) is 1. The van der Waals surface area contributed by atoms with E-state index in [4.69, 9.17) is 17.3 Å². The van der Waals surface area contributed by atoms with Crippen molar-refractivity contribution < 1.29 is 9.59 Å². The van der Waals surface area contributed by atoms with Crippen LogP contribution in [0.25, 0.3) is 0 Å². The van der Waals surface area contributed by atoms with E-state index < -0.39 is 0 Å². The van der Waals surface area contributed by atoms with E-state index >= 15 is 0 Å². The van der Waals surface area contributed by atoms with Crippen LogP contribution in [0.5, 0.6) is 0 Å². The van der Waals surface area contributed by atoms with Crippen molar-refractivity contribution in [3.63, 3.8) is 0 Å². The molecule has 1 aromatic heterocycles. The molecule has 0 saturated carbocycles. The highest BCUT2D eigenvalue weighted by molar-refractivity contribution is 6.29. The van der Waals surface area contributed by atoms with E-state index in [-0.39, 0.29) is 41.9 Å². The number of carbonyl (C=O) groups is 2. The zero-order valence-corrected chi connectivity index (χ0v) is 15.2. The monoisotopic (exact) mass is 374 g/mol. The van der Waals surface area contributed by atoms with Crippen molar-refractivity contribution in [3.8, 4) is 0 Å². The fourth-order valence-corrected chi connectivity index (χ4v) is 3.13. The zero-order valence-electron chi connectivity index (χ0n) is 14.4. The first kappa shape index (κ1) is 17.9. The molecule has 2 amide bonds. The molecule has 8 nitrogen and oxygen atoms in total. The van der Waals surface area contributed by atoms with Gasteiger partial charge in [0.15, 0.2) is 0 Å². The molecule has 0 fully saturated rings. The van der Waals surface area contributed by atoms with Gasteiger partial charge in [0, 0.05) is 25.6 Å². The molecule has 0 bridgehead atoms. The van der Waals surface area contributed by atoms with Crippen LogP contribution >= 0.6 is 11.6 Å². The van der Waals surface area contributed by atoms with Gasteiger partial charge in [-0.3, -0.25) is 9.59 Å². The summed E-state index contributed by atoms with van der Waals surface area (Å²) < 4.78 is 0. The molecule has 0 radical (unpaired) electrons. The summed E-state index contributed by atoms with van der Waals surface area (Å²) in [6.45, 7) is 1.89. The van der Waals surface area contributed by atoms with E-state index in [1.165, 1.54) is 6.07 Å². The Morgan fingerprint density at radius 1 is 1.42 bits per heavy atom. The van der Waals surface area contributed by atoms with Gasteiger partial charge in [0.05, 0.1) is 17.9 Å². The SMILES string of the molecule is CC1CC(=O)Nc2ccccc2N1C(=O)CN(C)c1cc(Cl)nc(N)n1. The van der Waals surface area contributed by atoms with Crippen molar-refractivity contribution in [2.75, 3.05) is 34.4 Å². The predicted octanol–water partition coefficient (Wildman–Crippen LogP) is 1.91. The lowest BCUT2D eigenvalue weighted by Crippen LogP contribution is -2.44. The van der Waals surface area contributed by atoms with Crippen LogP contribution in [0.15, 0.2) is 30.3 Å². The number of benzene rings is 1. The zero-order chi connectivity index (χ0) is 18.8. The Morgan fingerprint density at radius 3 is 2.88 bits per heavy atom. The number of hydrogen-bond acceptors (Lipinski definition) is 6. The van der Waals surface area contributed by atoms with Crippen molar-refractivity contribution in [2.45, 2.75) is 19.4 Å². The Kier molecular flexibility index (Phi) is 4.94. The minimum atomic E-state index is -0.279. The van der Waals surface area contributed by atoms with Crippen LogP contribution in [0, 0.1) is 0 Å². The molecule has 136 valence electrons. The number of hydrogen-bond donors (Lipinski definition) is 2. The first-order valence-corrected chi connectivity index (χ1v) is 8.45. The summed E-state index contributed by atoms with van der Waals surface area (Å²) in [6, 6.07) is 8.50. The second-order valence-electron chi connectivity index (χ2n) is 6.15. The number of nitrogen functional groups attached to an aromatic ring is 1. The fourth-order valence-electron chi connectivity index (χ4n) is 2.95. The summed E-state index contributed by atoms with van der Waals surface area (Å²) in [4.78, 5) is 36.2. The summed E-state index contributed by atoms with van der Waals surface area (Å²) in [5.41, 5.74) is 6.91. The highest BCUT2D eigenvalue weighted by atomic mass is 35.5. The quantitative estimate of drug-likeness (QED) is 0.795. The van der Waals surface area contributed by atoms with E-state index in [0.717, 1.165) is 0 Å². The molecule has 1 aromatic carbocycles. The molecule has 0 spiro atoms. The molecular formula is C17H19ClN6O2. The maximum Gasteiger partial charge on any atom is 0.246 e. The number of nitrogens with one attached hydrogen (secondary N) is 1. The number of amides is 2. The number of carbonyl (C=O) groups excluding carboxylic acids is 2. The Morgan fingerprint density at radius 2 is 2.15 bits per heavy atom. The number of aromatic nitrogens is 2. The van der Waals surface area contributed by atoms with E-state index in [2.05, 4.69) is 15.3 Å². The Bertz CT molecular complexity index is 839. The van der Waals surface area contributed by atoms with Crippen LogP contribution in [0.4, 0.5) is 23.1 Å². The van der Waals surface area contributed by atoms with Crippen molar-refractivity contribution >= 4 is 46.6 Å². The Balaban J connectivity index is 1.87. The van der Waals surface area contributed by atoms with Gasteiger partial charge in [-0.2, -0.15) is 4.98 Å². The summed E-state index contributed by atoms with van der Waals surface area (Å²) in [6.07, 6.45) is 0.219. The standard InChI is InChI=1S/C17H19ClN6O2/c1-10-7-15(25)20-11-5-3-4-6-12(11)24(10)16(26)9-23(2)14-8-13(18)21-17(19)22-14/h3-6,8,10H,7,9H2,1-2H3,(H,20,25)(H2,19,21,22). The second-order valence-corrected chi connectivity index (χ2v) is 6.53. The predicted molar refractivity (Wildman–Crippen MR) is 101 cm³/mol. The number of likely N-dealkylation sites (N-methyl/N-ethyl adjacent to an activating group) is 1. The average molecular weight is 375 g/mol. The normalized spacial score (nSPS) is 16.5. The largest absolute Gasteiger partial charge is 0.368 e. The lowest BCUT2D eigenvalue weighted by Gasteiger charge is -2.30. The summed E-state index contributed by atoms with van der Waals surface area (Å²) in [7, 11) is 1.72. The van der Waals surface area contributed by atoms with Crippen molar-refractivity contribution in [3.05, 3.63) is 35.5 Å². The number of para-hydroxylation sites is 2. The summed E-state index contributed by atoms with van der Waals surface area (Å²) in [5.74, 6) is 0.192. The highest BCUT2D eigenvalue weighted by Crippen LogP contribution is 2.31. The molecule has 2 aromatic rings. The van der Waals surface area contributed by atoms with E-state index in [0.29, 0.717) is 17.2 Å². The lowest BCUT2D eigenvalue weighted by atomic mass is 10.1. The van der Waals surface area contributed by atoms with Gasteiger partial charge in [0.1, 0.15) is 11.0 Å². The van der Waals surface area contributed by atoms with Gasteiger partial charge in [0.25, 0.3) is 0 Å². The molecule has 3 N–H and O–H groups in total. The third kappa shape index (κ3) is 3.70. The summed E-state index contributed by atoms with van der Waals surface area (Å²) in [5, 5.41) is 3.04. The van der Waals surface area contributed by atoms with E-state index in [9.17, 15) is 9.59 Å². The first-order valence-electron chi connectivity index (χ1n) is 8.07. The van der Waals surface area contributed by atoms with Gasteiger partial charge in [-0.05, 0) is 19.1 Å². The van der Waals surface area contributed by atoms with Gasteiger partial charge >= 0.3 is 0 Å². The molecule has 9 heteroatoms. The number of anilines is 4. The third-order valence-corrected chi connectivity index (χ3v) is 4.28. The molecule has 2 heterocycles. The van der Waals surface area contributed by atoms with Gasteiger partial charge < -0.3 is 20.9 Å². The number of nitrogens with zero attached hydrogens (tertiary/aromatic N) is 4. The van der Waals surface area contributed by atoms with Crippen LogP contribution in [0.2, 0.25) is 5.15 Å². The summed E-state index contributed by atoms with van der Waals surface area (Å²) >= 11 is 5.91. The van der Waals surface area contributed by atoms with Crippen LogP contribution < -0.4 is 20.9 Å². The maximum atomic E-state index is 13.0. The second kappa shape index (κ2) is 7.17. The van der Waals surface area contributed by atoms with Crippen molar-refractivity contribution in [1.29, 1.82) is 0 Å². The van der Waals surface area contributed by atoms with Crippen molar-refractivity contribution in [1.82, 2.24) is 9.97 Å². The first-order chi connectivity index (χ1) is 12.3. The molecule has 1 aliphatic rings. The highest BCUT2D eigenvalue weighted by Gasteiger charge is 2.30. The maximum absolute atomic E-state index is 13.0. The van der Waals surface area contributed by atoms with Gasteiger partial charge in [-0.25, -0.2) is 4.98 Å². The molecular weight excluding hydrogens is 356 g/mol. The number of fused-ring (bicyclic) bond motifs is 1. The molecule has 26 heavy (non-hydrogen) atoms. The van der Waals surface area contributed by atoms with Crippen LogP contribution in [-0.2, 0) is 9.59 Å². The molecule has 3 rings (SSSR count). The number of halogens is 1. The van der Waals surface area contributed by atoms with Gasteiger partial charge in [0.2, 0.25) is 17.8 Å². The van der Waals surface area contributed by atoms with Crippen molar-refractivity contribution in [2.24, 2.45) is 0 Å². The minimum absolute atomic E-state index is 0.0371. The average Bonchev–Trinajstić information content (AvgIpc) is 2.67. The van der Waals surface area contributed by atoms with Crippen LogP contribution in [0.3, 0.4) is 0 Å².